The summed E-state index contributed by atoms with van der Waals surface area (Å²) in [5, 5.41) is 2.80. The van der Waals surface area contributed by atoms with Crippen molar-refractivity contribution in [3.63, 3.8) is 0 Å². The number of likely N-dealkylation sites (N-methyl/N-ethyl adjacent to an activating group) is 1. The number of amides is 2. The molecule has 1 aliphatic heterocycles. The highest BCUT2D eigenvalue weighted by atomic mass is 16.5. The number of hydrogen-bond donors (Lipinski definition) is 1. The van der Waals surface area contributed by atoms with Crippen molar-refractivity contribution in [2.24, 2.45) is 0 Å². The lowest BCUT2D eigenvalue weighted by Gasteiger charge is -2.39. The molecule has 7 heteroatoms. The van der Waals surface area contributed by atoms with Crippen LogP contribution in [0.2, 0.25) is 0 Å². The summed E-state index contributed by atoms with van der Waals surface area (Å²) in [4.78, 5) is 27.5. The Labute approximate surface area is 164 Å². The fourth-order valence-corrected chi connectivity index (χ4v) is 3.20. The summed E-state index contributed by atoms with van der Waals surface area (Å²) in [6.07, 6.45) is 0. The summed E-state index contributed by atoms with van der Waals surface area (Å²) < 4.78 is 16.3. The van der Waals surface area contributed by atoms with Gasteiger partial charge in [0.05, 0.1) is 19.9 Å². The van der Waals surface area contributed by atoms with E-state index in [2.05, 4.69) is 5.32 Å². The number of carbonyl (C=O) groups is 2. The summed E-state index contributed by atoms with van der Waals surface area (Å²) in [6, 6.07) is 12.6. The van der Waals surface area contributed by atoms with Gasteiger partial charge in [0.2, 0.25) is 0 Å². The predicted octanol–water partition coefficient (Wildman–Crippen LogP) is 2.52. The number of nitrogens with one attached hydrogen (secondary N) is 1. The molecule has 1 heterocycles. The van der Waals surface area contributed by atoms with Crippen LogP contribution in [-0.2, 0) is 16.1 Å². The third-order valence-corrected chi connectivity index (χ3v) is 4.77. The van der Waals surface area contributed by atoms with Crippen LogP contribution in [0.15, 0.2) is 42.5 Å². The highest BCUT2D eigenvalue weighted by molar-refractivity contribution is 6.16. The smallest absolute Gasteiger partial charge is 0.280 e. The lowest BCUT2D eigenvalue weighted by molar-refractivity contribution is -0.148. The topological polar surface area (TPSA) is 77.1 Å². The first-order valence-corrected chi connectivity index (χ1v) is 9.03. The largest absolute Gasteiger partial charge is 0.493 e. The van der Waals surface area contributed by atoms with E-state index in [0.29, 0.717) is 29.5 Å². The number of para-hydroxylation sites is 2. The molecule has 1 unspecified atom stereocenters. The minimum absolute atomic E-state index is 0.221. The normalized spacial score (nSPS) is 18.1. The van der Waals surface area contributed by atoms with Gasteiger partial charge < -0.3 is 24.4 Å². The van der Waals surface area contributed by atoms with Gasteiger partial charge in [-0.2, -0.15) is 0 Å². The van der Waals surface area contributed by atoms with Gasteiger partial charge in [0, 0.05) is 13.1 Å². The van der Waals surface area contributed by atoms with Gasteiger partial charge in [-0.3, -0.25) is 9.59 Å². The van der Waals surface area contributed by atoms with Crippen LogP contribution in [0.4, 0.5) is 5.69 Å². The molecule has 3 rings (SSSR count). The molecule has 148 valence electrons. The second-order valence-electron chi connectivity index (χ2n) is 6.52. The summed E-state index contributed by atoms with van der Waals surface area (Å²) in [6.45, 7) is 4.02. The Morgan fingerprint density at radius 3 is 2.54 bits per heavy atom. The Morgan fingerprint density at radius 2 is 1.86 bits per heavy atom. The molecule has 0 saturated carbocycles. The van der Waals surface area contributed by atoms with Gasteiger partial charge in [-0.05, 0) is 43.7 Å². The number of ether oxygens (including phenoxy) is 3. The van der Waals surface area contributed by atoms with Crippen LogP contribution >= 0.6 is 0 Å². The standard InChI is InChI=1S/C21H24N2O5/c1-5-23-15-8-6-7-9-16(15)28-21(2,20(23)25)19(24)22-13-14-10-11-17(26-3)18(12-14)27-4/h6-12H,5,13H2,1-4H3,(H,22,24). The number of carbonyl (C=O) groups excluding carboxylic acids is 2. The molecule has 2 amide bonds. The molecule has 0 saturated heterocycles. The van der Waals surface area contributed by atoms with E-state index < -0.39 is 17.4 Å². The van der Waals surface area contributed by atoms with Crippen LogP contribution in [0.5, 0.6) is 17.2 Å². The van der Waals surface area contributed by atoms with Gasteiger partial charge in [-0.15, -0.1) is 0 Å². The van der Waals surface area contributed by atoms with Crippen LogP contribution in [0.25, 0.3) is 0 Å². The van der Waals surface area contributed by atoms with E-state index in [4.69, 9.17) is 14.2 Å². The van der Waals surface area contributed by atoms with E-state index in [0.717, 1.165) is 5.56 Å². The Balaban J connectivity index is 1.79. The quantitative estimate of drug-likeness (QED) is 0.775. The van der Waals surface area contributed by atoms with Crippen molar-refractivity contribution in [1.29, 1.82) is 0 Å². The Morgan fingerprint density at radius 1 is 1.14 bits per heavy atom. The number of rotatable bonds is 6. The SMILES string of the molecule is CCN1C(=O)C(C)(C(=O)NCc2ccc(OC)c(OC)c2)Oc2ccccc21. The minimum atomic E-state index is -1.64. The molecule has 1 atom stereocenters. The highest BCUT2D eigenvalue weighted by Crippen LogP contribution is 2.37. The maximum Gasteiger partial charge on any atom is 0.280 e. The van der Waals surface area contributed by atoms with Crippen molar-refractivity contribution in [2.75, 3.05) is 25.7 Å². The zero-order valence-electron chi connectivity index (χ0n) is 16.4. The maximum absolute atomic E-state index is 13.0. The molecule has 1 aliphatic rings. The van der Waals surface area contributed by atoms with Gasteiger partial charge in [0.25, 0.3) is 17.4 Å². The third-order valence-electron chi connectivity index (χ3n) is 4.77. The van der Waals surface area contributed by atoms with E-state index in [1.807, 2.05) is 25.1 Å². The summed E-state index contributed by atoms with van der Waals surface area (Å²) in [5.41, 5.74) is -0.160. The van der Waals surface area contributed by atoms with Crippen LogP contribution in [0.3, 0.4) is 0 Å². The van der Waals surface area contributed by atoms with Gasteiger partial charge in [0.1, 0.15) is 5.75 Å². The molecule has 0 spiro atoms. The lowest BCUT2D eigenvalue weighted by atomic mass is 9.99. The summed E-state index contributed by atoms with van der Waals surface area (Å²) in [5.74, 6) is 0.786. The highest BCUT2D eigenvalue weighted by Gasteiger charge is 2.50. The fraction of sp³-hybridized carbons (Fsp3) is 0.333. The number of benzene rings is 2. The maximum atomic E-state index is 13.0. The van der Waals surface area contributed by atoms with Gasteiger partial charge in [0.15, 0.2) is 11.5 Å². The fourth-order valence-electron chi connectivity index (χ4n) is 3.20. The molecule has 0 aromatic heterocycles. The van der Waals surface area contributed by atoms with Crippen molar-refractivity contribution in [3.05, 3.63) is 48.0 Å². The minimum Gasteiger partial charge on any atom is -0.493 e. The average molecular weight is 384 g/mol. The molecule has 2 aromatic carbocycles. The molecule has 1 N–H and O–H groups in total. The molecule has 0 radical (unpaired) electrons. The molecule has 0 aliphatic carbocycles. The van der Waals surface area contributed by atoms with Crippen molar-refractivity contribution in [3.8, 4) is 17.2 Å². The lowest BCUT2D eigenvalue weighted by Crippen LogP contribution is -2.62. The van der Waals surface area contributed by atoms with Crippen LogP contribution in [0.1, 0.15) is 19.4 Å². The molecular formula is C21H24N2O5. The molecule has 0 bridgehead atoms. The first-order chi connectivity index (χ1) is 13.4. The first kappa shape index (κ1) is 19.5. The first-order valence-electron chi connectivity index (χ1n) is 9.03. The monoisotopic (exact) mass is 384 g/mol. The number of fused-ring (bicyclic) bond motifs is 1. The van der Waals surface area contributed by atoms with Gasteiger partial charge >= 0.3 is 0 Å². The number of methoxy groups -OCH3 is 2. The van der Waals surface area contributed by atoms with Crippen LogP contribution in [0, 0.1) is 0 Å². The number of nitrogens with zero attached hydrogens (tertiary/aromatic N) is 1. The zero-order chi connectivity index (χ0) is 20.3. The molecule has 28 heavy (non-hydrogen) atoms. The van der Waals surface area contributed by atoms with Crippen molar-refractivity contribution >= 4 is 17.5 Å². The van der Waals surface area contributed by atoms with Gasteiger partial charge in [-0.25, -0.2) is 0 Å². The Kier molecular flexibility index (Phi) is 5.44. The average Bonchev–Trinajstić information content (AvgIpc) is 2.72. The zero-order valence-corrected chi connectivity index (χ0v) is 16.4. The predicted molar refractivity (Wildman–Crippen MR) is 105 cm³/mol. The van der Waals surface area contributed by atoms with Crippen molar-refractivity contribution in [1.82, 2.24) is 5.32 Å². The molecular weight excluding hydrogens is 360 g/mol. The summed E-state index contributed by atoms with van der Waals surface area (Å²) in [7, 11) is 3.11. The van der Waals surface area contributed by atoms with E-state index in [9.17, 15) is 9.59 Å². The van der Waals surface area contributed by atoms with Gasteiger partial charge in [-0.1, -0.05) is 18.2 Å². The van der Waals surface area contributed by atoms with Crippen molar-refractivity contribution < 1.29 is 23.8 Å². The third kappa shape index (κ3) is 3.35. The van der Waals surface area contributed by atoms with Crippen LogP contribution in [-0.4, -0.2) is 38.2 Å². The number of hydrogen-bond acceptors (Lipinski definition) is 5. The van der Waals surface area contributed by atoms with Crippen molar-refractivity contribution in [2.45, 2.75) is 26.0 Å². The number of anilines is 1. The molecule has 0 fully saturated rings. The van der Waals surface area contributed by atoms with E-state index in [1.165, 1.54) is 6.92 Å². The second-order valence-corrected chi connectivity index (χ2v) is 6.52. The Bertz CT molecular complexity index is 898. The van der Waals surface area contributed by atoms with Crippen LogP contribution < -0.4 is 24.4 Å². The summed E-state index contributed by atoms with van der Waals surface area (Å²) >= 11 is 0. The second kappa shape index (κ2) is 7.80. The van der Waals surface area contributed by atoms with E-state index in [-0.39, 0.29) is 6.54 Å². The Hall–Kier alpha value is -3.22. The van der Waals surface area contributed by atoms with E-state index in [1.54, 1.807) is 43.4 Å². The van der Waals surface area contributed by atoms with E-state index >= 15 is 0 Å². The molecule has 2 aromatic rings. The molecule has 7 nitrogen and oxygen atoms in total.